The molecule has 3 nitrogen and oxygen atoms in total. The Balaban J connectivity index is 2.76. The van der Waals surface area contributed by atoms with Gasteiger partial charge in [-0.05, 0) is 18.2 Å². The largest absolute Gasteiger partial charge is 0.496 e. The molecule has 4 heteroatoms. The van der Waals surface area contributed by atoms with Gasteiger partial charge in [0.2, 0.25) is 0 Å². The number of rotatable bonds is 5. The number of nitrogens with zero attached hydrogens (tertiary/aromatic N) is 1. The van der Waals surface area contributed by atoms with Crippen molar-refractivity contribution in [1.82, 2.24) is 5.32 Å². The molecular weight excluding hydrogens is 224 g/mol. The van der Waals surface area contributed by atoms with Crippen LogP contribution in [-0.4, -0.2) is 13.7 Å². The summed E-state index contributed by atoms with van der Waals surface area (Å²) in [4.78, 5) is 0. The number of methoxy groups -OCH3 is 1. The van der Waals surface area contributed by atoms with Crippen LogP contribution in [0.2, 0.25) is 0 Å². The van der Waals surface area contributed by atoms with E-state index in [9.17, 15) is 0 Å². The number of halogens is 1. The molecule has 0 heterocycles. The van der Waals surface area contributed by atoms with Crippen LogP contribution in [0, 0.1) is 11.3 Å². The Morgan fingerprint density at radius 3 is 2.94 bits per heavy atom. The van der Waals surface area contributed by atoms with Crippen molar-refractivity contribution in [2.24, 2.45) is 0 Å². The molecule has 1 aromatic carbocycles. The Labute approximate surface area is 100 Å². The lowest BCUT2D eigenvalue weighted by Crippen LogP contribution is -2.15. The van der Waals surface area contributed by atoms with Crippen molar-refractivity contribution >= 4 is 11.6 Å². The van der Waals surface area contributed by atoms with Crippen LogP contribution in [0.15, 0.2) is 29.8 Å². The van der Waals surface area contributed by atoms with Gasteiger partial charge in [0.15, 0.2) is 0 Å². The van der Waals surface area contributed by atoms with Gasteiger partial charge in [-0.25, -0.2) is 0 Å². The molecule has 0 fully saturated rings. The summed E-state index contributed by atoms with van der Waals surface area (Å²) in [5, 5.41) is 12.5. The normalized spacial score (nSPS) is 9.56. The molecule has 0 spiro atoms. The zero-order valence-corrected chi connectivity index (χ0v) is 9.84. The Morgan fingerprint density at radius 2 is 2.38 bits per heavy atom. The van der Waals surface area contributed by atoms with Crippen LogP contribution >= 0.6 is 11.6 Å². The number of nitriles is 1. The van der Waals surface area contributed by atoms with E-state index in [1.54, 1.807) is 25.3 Å². The standard InChI is InChI=1S/C12H13ClN2O/c1-9(13)7-15-8-11-5-10(6-14)3-4-12(11)16-2/h3-5,15H,1,7-8H2,2H3. The molecule has 0 aliphatic carbocycles. The molecule has 0 aromatic heterocycles. The first kappa shape index (κ1) is 12.6. The van der Waals surface area contributed by atoms with Gasteiger partial charge in [-0.3, -0.25) is 0 Å². The van der Waals surface area contributed by atoms with Crippen molar-refractivity contribution in [1.29, 1.82) is 5.26 Å². The summed E-state index contributed by atoms with van der Waals surface area (Å²) >= 11 is 5.64. The van der Waals surface area contributed by atoms with Gasteiger partial charge in [0.25, 0.3) is 0 Å². The topological polar surface area (TPSA) is 45.0 Å². The first-order valence-electron chi connectivity index (χ1n) is 4.78. The molecule has 1 rings (SSSR count). The summed E-state index contributed by atoms with van der Waals surface area (Å²) in [5.74, 6) is 0.756. The van der Waals surface area contributed by atoms with E-state index in [4.69, 9.17) is 21.6 Å². The minimum Gasteiger partial charge on any atom is -0.496 e. The highest BCUT2D eigenvalue weighted by molar-refractivity contribution is 6.29. The highest BCUT2D eigenvalue weighted by Gasteiger charge is 2.03. The number of hydrogen-bond donors (Lipinski definition) is 1. The highest BCUT2D eigenvalue weighted by Crippen LogP contribution is 2.19. The minimum absolute atomic E-state index is 0.529. The highest BCUT2D eigenvalue weighted by atomic mass is 35.5. The lowest BCUT2D eigenvalue weighted by atomic mass is 10.1. The van der Waals surface area contributed by atoms with Crippen LogP contribution in [0.3, 0.4) is 0 Å². The molecule has 1 aromatic rings. The van der Waals surface area contributed by atoms with E-state index in [0.29, 0.717) is 23.7 Å². The summed E-state index contributed by atoms with van der Waals surface area (Å²) in [6.45, 7) is 4.70. The molecule has 84 valence electrons. The van der Waals surface area contributed by atoms with Crippen molar-refractivity contribution in [3.8, 4) is 11.8 Å². The van der Waals surface area contributed by atoms with Crippen molar-refractivity contribution in [2.75, 3.05) is 13.7 Å². The van der Waals surface area contributed by atoms with Crippen LogP contribution in [-0.2, 0) is 6.54 Å². The second kappa shape index (κ2) is 6.16. The van der Waals surface area contributed by atoms with Crippen molar-refractivity contribution in [3.05, 3.63) is 40.9 Å². The van der Waals surface area contributed by atoms with Crippen molar-refractivity contribution in [2.45, 2.75) is 6.54 Å². The molecule has 16 heavy (non-hydrogen) atoms. The Hall–Kier alpha value is -1.50. The van der Waals surface area contributed by atoms with Gasteiger partial charge in [0.05, 0.1) is 18.7 Å². The molecule has 0 saturated heterocycles. The first-order chi connectivity index (χ1) is 7.67. The van der Waals surface area contributed by atoms with Crippen molar-refractivity contribution in [3.63, 3.8) is 0 Å². The third kappa shape index (κ3) is 3.58. The van der Waals surface area contributed by atoms with Crippen LogP contribution in [0.5, 0.6) is 5.75 Å². The molecule has 0 aliphatic heterocycles. The molecule has 0 bridgehead atoms. The van der Waals surface area contributed by atoms with Gasteiger partial charge in [-0.1, -0.05) is 18.2 Å². The number of ether oxygens (including phenoxy) is 1. The predicted molar refractivity (Wildman–Crippen MR) is 64.4 cm³/mol. The molecule has 0 radical (unpaired) electrons. The average Bonchev–Trinajstić information content (AvgIpc) is 2.28. The maximum Gasteiger partial charge on any atom is 0.123 e. The van der Waals surface area contributed by atoms with Crippen LogP contribution < -0.4 is 10.1 Å². The van der Waals surface area contributed by atoms with Gasteiger partial charge in [0, 0.05) is 23.7 Å². The first-order valence-corrected chi connectivity index (χ1v) is 5.16. The quantitative estimate of drug-likeness (QED) is 0.854. The summed E-state index contributed by atoms with van der Waals surface area (Å²) in [7, 11) is 1.60. The van der Waals surface area contributed by atoms with Crippen LogP contribution in [0.1, 0.15) is 11.1 Å². The number of benzene rings is 1. The molecule has 0 amide bonds. The van der Waals surface area contributed by atoms with Gasteiger partial charge < -0.3 is 10.1 Å². The van der Waals surface area contributed by atoms with Crippen molar-refractivity contribution < 1.29 is 4.74 Å². The Morgan fingerprint density at radius 1 is 1.62 bits per heavy atom. The maximum atomic E-state index is 8.79. The monoisotopic (exact) mass is 236 g/mol. The van der Waals surface area contributed by atoms with E-state index >= 15 is 0 Å². The number of hydrogen-bond acceptors (Lipinski definition) is 3. The lowest BCUT2D eigenvalue weighted by Gasteiger charge is -2.09. The van der Waals surface area contributed by atoms with Gasteiger partial charge in [-0.2, -0.15) is 5.26 Å². The second-order valence-electron chi connectivity index (χ2n) is 3.26. The van der Waals surface area contributed by atoms with Gasteiger partial charge in [0.1, 0.15) is 5.75 Å². The minimum atomic E-state index is 0.529. The van der Waals surface area contributed by atoms with E-state index in [1.165, 1.54) is 0 Å². The lowest BCUT2D eigenvalue weighted by molar-refractivity contribution is 0.408. The van der Waals surface area contributed by atoms with E-state index in [-0.39, 0.29) is 0 Å². The predicted octanol–water partition coefficient (Wildman–Crippen LogP) is 2.41. The summed E-state index contributed by atoms with van der Waals surface area (Å²) in [5.41, 5.74) is 1.54. The third-order valence-corrected chi connectivity index (χ3v) is 2.18. The second-order valence-corrected chi connectivity index (χ2v) is 3.79. The van der Waals surface area contributed by atoms with E-state index in [2.05, 4.69) is 18.0 Å². The molecule has 0 unspecified atom stereocenters. The van der Waals surface area contributed by atoms with Crippen LogP contribution in [0.4, 0.5) is 0 Å². The third-order valence-electron chi connectivity index (χ3n) is 2.04. The molecule has 0 aliphatic rings. The smallest absolute Gasteiger partial charge is 0.123 e. The van der Waals surface area contributed by atoms with Gasteiger partial charge in [-0.15, -0.1) is 0 Å². The fraction of sp³-hybridized carbons (Fsp3) is 0.250. The number of nitrogens with one attached hydrogen (secondary N) is 1. The maximum absolute atomic E-state index is 8.79. The molecule has 0 atom stereocenters. The zero-order chi connectivity index (χ0) is 12.0. The SMILES string of the molecule is C=C(Cl)CNCc1cc(C#N)ccc1OC. The zero-order valence-electron chi connectivity index (χ0n) is 9.09. The van der Waals surface area contributed by atoms with E-state index < -0.39 is 0 Å². The van der Waals surface area contributed by atoms with Gasteiger partial charge >= 0.3 is 0 Å². The fourth-order valence-electron chi connectivity index (χ4n) is 1.32. The van der Waals surface area contributed by atoms with Crippen LogP contribution in [0.25, 0.3) is 0 Å². The fourth-order valence-corrected chi connectivity index (χ4v) is 1.41. The summed E-state index contributed by atoms with van der Waals surface area (Å²) in [6.07, 6.45) is 0. The molecule has 1 N–H and O–H groups in total. The van der Waals surface area contributed by atoms with E-state index in [0.717, 1.165) is 11.3 Å². The Bertz CT molecular complexity index is 424. The summed E-state index contributed by atoms with van der Waals surface area (Å²) < 4.78 is 5.20. The summed E-state index contributed by atoms with van der Waals surface area (Å²) in [6, 6.07) is 7.39. The average molecular weight is 237 g/mol. The Kier molecular flexibility index (Phi) is 4.84. The molecule has 0 saturated carbocycles. The van der Waals surface area contributed by atoms with E-state index in [1.807, 2.05) is 0 Å². The molecular formula is C12H13ClN2O.